The van der Waals surface area contributed by atoms with Gasteiger partial charge in [-0.05, 0) is 43.9 Å². The van der Waals surface area contributed by atoms with Crippen LogP contribution in [-0.2, 0) is 17.6 Å². The van der Waals surface area contributed by atoms with E-state index in [0.29, 0.717) is 5.69 Å². The Bertz CT molecular complexity index is 787. The van der Waals surface area contributed by atoms with Gasteiger partial charge in [-0.25, -0.2) is 9.98 Å². The van der Waals surface area contributed by atoms with Crippen molar-refractivity contribution in [1.29, 1.82) is 0 Å². The number of hydrogen-bond donors (Lipinski definition) is 2. The van der Waals surface area contributed by atoms with Crippen LogP contribution in [0.1, 0.15) is 42.0 Å². The normalized spacial score (nSPS) is 18.9. The van der Waals surface area contributed by atoms with Gasteiger partial charge in [0.1, 0.15) is 11.8 Å². The highest BCUT2D eigenvalue weighted by molar-refractivity contribution is 6.02. The predicted octanol–water partition coefficient (Wildman–Crippen LogP) is 2.33. The number of nitrogens with two attached hydrogens (primary N) is 1. The van der Waals surface area contributed by atoms with E-state index in [1.165, 1.54) is 11.8 Å². The number of rotatable bonds is 6. The van der Waals surface area contributed by atoms with Gasteiger partial charge in [0, 0.05) is 11.9 Å². The Kier molecular flexibility index (Phi) is 5.46. The van der Waals surface area contributed by atoms with Crippen LogP contribution in [0.25, 0.3) is 0 Å². The first-order valence-electron chi connectivity index (χ1n) is 8.76. The van der Waals surface area contributed by atoms with Crippen molar-refractivity contribution >= 4 is 17.6 Å². The van der Waals surface area contributed by atoms with E-state index in [2.05, 4.69) is 20.3 Å². The largest absolute Gasteiger partial charge is 0.460 e. The van der Waals surface area contributed by atoms with Gasteiger partial charge in [0.15, 0.2) is 0 Å². The van der Waals surface area contributed by atoms with Gasteiger partial charge < -0.3 is 15.8 Å². The molecule has 0 bridgehead atoms. The van der Waals surface area contributed by atoms with Crippen LogP contribution in [0.3, 0.4) is 0 Å². The minimum Gasteiger partial charge on any atom is -0.460 e. The maximum absolute atomic E-state index is 12.2. The van der Waals surface area contributed by atoms with Crippen LogP contribution in [0.15, 0.2) is 41.7 Å². The fraction of sp³-hybridized carbons (Fsp3) is 0.368. The minimum absolute atomic E-state index is 0.0220. The van der Waals surface area contributed by atoms with Gasteiger partial charge in [0.25, 0.3) is 11.9 Å². The molecule has 7 nitrogen and oxygen atoms in total. The Balaban J connectivity index is 1.54. The van der Waals surface area contributed by atoms with Crippen molar-refractivity contribution in [3.8, 4) is 0 Å². The number of anilines is 1. The van der Waals surface area contributed by atoms with E-state index in [0.717, 1.165) is 30.6 Å². The molecular weight excluding hydrogens is 330 g/mol. The predicted molar refractivity (Wildman–Crippen MR) is 100 cm³/mol. The minimum atomic E-state index is -0.269. The fourth-order valence-electron chi connectivity index (χ4n) is 2.79. The van der Waals surface area contributed by atoms with E-state index in [1.807, 2.05) is 38.1 Å². The van der Waals surface area contributed by atoms with Gasteiger partial charge in [-0.15, -0.1) is 0 Å². The summed E-state index contributed by atoms with van der Waals surface area (Å²) in [6.07, 6.45) is 5.68. The molecule has 2 aromatic rings. The standard InChI is InChI=1S/C19H23N5O2/c1-3-14-10-22-17(11-21-14)18(25)23-15-7-4-13(5-8-15)6-9-16-12(2)26-19(20)24-16/h4-5,7-8,10-12,16H,3,6,9H2,1-2H3,(H2,20,24)(H,23,25)/t12-,16?/m0/s1. The maximum atomic E-state index is 12.2. The van der Waals surface area contributed by atoms with Gasteiger partial charge >= 0.3 is 0 Å². The molecule has 1 aromatic carbocycles. The lowest BCUT2D eigenvalue weighted by Crippen LogP contribution is -2.20. The number of ether oxygens (including phenoxy) is 1. The monoisotopic (exact) mass is 353 g/mol. The molecule has 26 heavy (non-hydrogen) atoms. The number of benzene rings is 1. The van der Waals surface area contributed by atoms with Crippen molar-refractivity contribution in [2.45, 2.75) is 45.3 Å². The van der Waals surface area contributed by atoms with Gasteiger partial charge in [-0.2, -0.15) is 0 Å². The molecule has 0 saturated carbocycles. The lowest BCUT2D eigenvalue weighted by molar-refractivity contribution is 0.102. The Morgan fingerprint density at radius 3 is 2.58 bits per heavy atom. The molecule has 0 aliphatic carbocycles. The van der Waals surface area contributed by atoms with Gasteiger partial charge in [0.05, 0.1) is 17.9 Å². The molecule has 3 N–H and O–H groups in total. The lowest BCUT2D eigenvalue weighted by atomic mass is 10.0. The van der Waals surface area contributed by atoms with Crippen molar-refractivity contribution < 1.29 is 9.53 Å². The number of amidine groups is 1. The van der Waals surface area contributed by atoms with Crippen molar-refractivity contribution in [3.63, 3.8) is 0 Å². The number of carbonyl (C=O) groups is 1. The van der Waals surface area contributed by atoms with Crippen LogP contribution in [-0.4, -0.2) is 34.0 Å². The molecule has 136 valence electrons. The average molecular weight is 353 g/mol. The highest BCUT2D eigenvalue weighted by Gasteiger charge is 2.25. The molecule has 1 aliphatic rings. The van der Waals surface area contributed by atoms with Crippen molar-refractivity contribution in [3.05, 3.63) is 53.6 Å². The third-order valence-corrected chi connectivity index (χ3v) is 4.38. The first kappa shape index (κ1) is 17.8. The molecule has 0 radical (unpaired) electrons. The van der Waals surface area contributed by atoms with E-state index in [4.69, 9.17) is 10.5 Å². The molecule has 1 unspecified atom stereocenters. The van der Waals surface area contributed by atoms with E-state index in [9.17, 15) is 4.79 Å². The summed E-state index contributed by atoms with van der Waals surface area (Å²) >= 11 is 0. The molecule has 2 atom stereocenters. The number of aryl methyl sites for hydroxylation is 2. The van der Waals surface area contributed by atoms with Crippen molar-refractivity contribution in [1.82, 2.24) is 9.97 Å². The zero-order valence-corrected chi connectivity index (χ0v) is 15.0. The average Bonchev–Trinajstić information content (AvgIpc) is 2.98. The second-order valence-electron chi connectivity index (χ2n) is 6.29. The highest BCUT2D eigenvalue weighted by Crippen LogP contribution is 2.18. The van der Waals surface area contributed by atoms with Crippen LogP contribution in [0.5, 0.6) is 0 Å². The van der Waals surface area contributed by atoms with Crippen molar-refractivity contribution in [2.24, 2.45) is 10.7 Å². The highest BCUT2D eigenvalue weighted by atomic mass is 16.5. The van der Waals surface area contributed by atoms with E-state index in [1.54, 1.807) is 6.20 Å². The second kappa shape index (κ2) is 7.95. The Morgan fingerprint density at radius 1 is 1.23 bits per heavy atom. The summed E-state index contributed by atoms with van der Waals surface area (Å²) < 4.78 is 5.35. The number of nitrogens with one attached hydrogen (secondary N) is 1. The summed E-state index contributed by atoms with van der Waals surface area (Å²) in [6, 6.07) is 8.12. The second-order valence-corrected chi connectivity index (χ2v) is 6.29. The van der Waals surface area contributed by atoms with Crippen LogP contribution in [0, 0.1) is 0 Å². The van der Waals surface area contributed by atoms with E-state index < -0.39 is 0 Å². The Morgan fingerprint density at radius 2 is 2.00 bits per heavy atom. The summed E-state index contributed by atoms with van der Waals surface area (Å²) in [5.74, 6) is -0.269. The Hall–Kier alpha value is -2.96. The summed E-state index contributed by atoms with van der Waals surface area (Å²) in [5, 5.41) is 2.83. The number of aliphatic imine (C=N–C) groups is 1. The van der Waals surface area contributed by atoms with Gasteiger partial charge in [0.2, 0.25) is 0 Å². The molecule has 7 heteroatoms. The van der Waals surface area contributed by atoms with Crippen molar-refractivity contribution in [2.75, 3.05) is 5.32 Å². The first-order valence-corrected chi connectivity index (χ1v) is 8.76. The van der Waals surface area contributed by atoms with Crippen LogP contribution < -0.4 is 11.1 Å². The SMILES string of the molecule is CCc1cnc(C(=O)Nc2ccc(CCC3N=C(N)O[C@H]3C)cc2)cn1. The number of hydrogen-bond acceptors (Lipinski definition) is 6. The lowest BCUT2D eigenvalue weighted by Gasteiger charge is -2.12. The zero-order chi connectivity index (χ0) is 18.5. The molecule has 0 saturated heterocycles. The van der Waals surface area contributed by atoms with Crippen LogP contribution >= 0.6 is 0 Å². The number of aromatic nitrogens is 2. The molecular formula is C19H23N5O2. The molecule has 1 aromatic heterocycles. The summed E-state index contributed by atoms with van der Waals surface area (Å²) in [6.45, 7) is 3.97. The molecule has 0 fully saturated rings. The van der Waals surface area contributed by atoms with Crippen LogP contribution in [0.4, 0.5) is 5.69 Å². The molecule has 2 heterocycles. The van der Waals surface area contributed by atoms with E-state index in [-0.39, 0.29) is 24.1 Å². The molecule has 1 aliphatic heterocycles. The smallest absolute Gasteiger partial charge is 0.282 e. The number of amides is 1. The summed E-state index contributed by atoms with van der Waals surface area (Å²) in [4.78, 5) is 24.8. The summed E-state index contributed by atoms with van der Waals surface area (Å²) in [7, 11) is 0. The summed E-state index contributed by atoms with van der Waals surface area (Å²) in [5.41, 5.74) is 8.65. The Labute approximate surface area is 152 Å². The van der Waals surface area contributed by atoms with Crippen LogP contribution in [0.2, 0.25) is 0 Å². The molecule has 0 spiro atoms. The van der Waals surface area contributed by atoms with E-state index >= 15 is 0 Å². The van der Waals surface area contributed by atoms with Gasteiger partial charge in [-0.1, -0.05) is 19.1 Å². The zero-order valence-electron chi connectivity index (χ0n) is 15.0. The third-order valence-electron chi connectivity index (χ3n) is 4.38. The van der Waals surface area contributed by atoms with Gasteiger partial charge in [-0.3, -0.25) is 9.78 Å². The topological polar surface area (TPSA) is 102 Å². The first-order chi connectivity index (χ1) is 12.5. The molecule has 3 rings (SSSR count). The number of nitrogens with zero attached hydrogens (tertiary/aromatic N) is 3. The fourth-order valence-corrected chi connectivity index (χ4v) is 2.79. The third kappa shape index (κ3) is 4.36. The quantitative estimate of drug-likeness (QED) is 0.830. The maximum Gasteiger partial charge on any atom is 0.282 e. The molecule has 1 amide bonds. The number of carbonyl (C=O) groups excluding carboxylic acids is 1.